The lowest BCUT2D eigenvalue weighted by atomic mass is 10.0. The van der Waals surface area contributed by atoms with E-state index < -0.39 is 0 Å². The van der Waals surface area contributed by atoms with Gasteiger partial charge in [-0.2, -0.15) is 0 Å². The van der Waals surface area contributed by atoms with Crippen molar-refractivity contribution in [1.29, 1.82) is 0 Å². The molecule has 0 fully saturated rings. The van der Waals surface area contributed by atoms with E-state index >= 15 is 0 Å². The maximum atomic E-state index is 12.2. The number of carbonyl (C=O) groups excluding carboxylic acids is 1. The van der Waals surface area contributed by atoms with Crippen LogP contribution in [0, 0.1) is 18.8 Å². The summed E-state index contributed by atoms with van der Waals surface area (Å²) in [6, 6.07) is 5.47. The van der Waals surface area contributed by atoms with Crippen molar-refractivity contribution in [3.05, 3.63) is 34.9 Å². The van der Waals surface area contributed by atoms with Gasteiger partial charge in [0.05, 0.1) is 13.2 Å². The number of hydrogen-bond acceptors (Lipinski definition) is 3. The SMILES string of the molecule is COCCN(C)C(=O)c1ccc(C#CCCO)c(C)c1. The number of methoxy groups -OCH3 is 1. The molecule has 0 heterocycles. The number of aliphatic hydroxyl groups excluding tert-OH is 1. The lowest BCUT2D eigenvalue weighted by molar-refractivity contribution is 0.0744. The highest BCUT2D eigenvalue weighted by atomic mass is 16.5. The van der Waals surface area contributed by atoms with Crippen molar-refractivity contribution in [3.8, 4) is 11.8 Å². The summed E-state index contributed by atoms with van der Waals surface area (Å²) in [5.41, 5.74) is 2.49. The second kappa shape index (κ2) is 8.36. The molecule has 0 radical (unpaired) electrons. The predicted octanol–water partition coefficient (Wildman–Crippen LogP) is 1.45. The number of rotatable bonds is 5. The van der Waals surface area contributed by atoms with Gasteiger partial charge in [0.1, 0.15) is 0 Å². The molecule has 1 aromatic carbocycles. The quantitative estimate of drug-likeness (QED) is 0.827. The van der Waals surface area contributed by atoms with Gasteiger partial charge < -0.3 is 14.7 Å². The Morgan fingerprint density at radius 3 is 2.80 bits per heavy atom. The third-order valence-corrected chi connectivity index (χ3v) is 2.91. The van der Waals surface area contributed by atoms with E-state index in [9.17, 15) is 4.79 Å². The van der Waals surface area contributed by atoms with Crippen LogP contribution >= 0.6 is 0 Å². The number of aliphatic hydroxyl groups is 1. The van der Waals surface area contributed by atoms with Gasteiger partial charge >= 0.3 is 0 Å². The first-order chi connectivity index (χ1) is 9.60. The van der Waals surface area contributed by atoms with Crippen LogP contribution in [-0.2, 0) is 4.74 Å². The fourth-order valence-electron chi connectivity index (χ4n) is 1.70. The molecular formula is C16H21NO3. The molecule has 1 rings (SSSR count). The van der Waals surface area contributed by atoms with Crippen molar-refractivity contribution in [2.75, 3.05) is 33.9 Å². The molecule has 1 N–H and O–H groups in total. The molecule has 0 bridgehead atoms. The number of amides is 1. The van der Waals surface area contributed by atoms with Crippen molar-refractivity contribution in [2.45, 2.75) is 13.3 Å². The Hall–Kier alpha value is -1.83. The molecule has 20 heavy (non-hydrogen) atoms. The molecular weight excluding hydrogens is 254 g/mol. The van der Waals surface area contributed by atoms with Crippen molar-refractivity contribution in [1.82, 2.24) is 4.90 Å². The summed E-state index contributed by atoms with van der Waals surface area (Å²) in [7, 11) is 3.37. The highest BCUT2D eigenvalue weighted by Crippen LogP contribution is 2.12. The second-order valence-corrected chi connectivity index (χ2v) is 4.52. The van der Waals surface area contributed by atoms with Crippen LogP contribution in [0.2, 0.25) is 0 Å². The number of benzene rings is 1. The molecule has 0 saturated heterocycles. The van der Waals surface area contributed by atoms with Crippen LogP contribution < -0.4 is 0 Å². The van der Waals surface area contributed by atoms with Gasteiger partial charge in [-0.05, 0) is 30.7 Å². The predicted molar refractivity (Wildman–Crippen MR) is 78.6 cm³/mol. The van der Waals surface area contributed by atoms with Crippen LogP contribution in [-0.4, -0.2) is 49.8 Å². The standard InChI is InChI=1S/C16H21NO3/c1-13-12-15(16(19)17(2)9-11-20-3)8-7-14(13)6-4-5-10-18/h7-8,12,18H,5,9-11H2,1-3H3. The van der Waals surface area contributed by atoms with E-state index in [0.29, 0.717) is 25.1 Å². The molecule has 0 aromatic heterocycles. The average Bonchev–Trinajstić information content (AvgIpc) is 2.45. The number of likely N-dealkylation sites (N-methyl/N-ethyl adjacent to an activating group) is 1. The van der Waals surface area contributed by atoms with Gasteiger partial charge in [0.25, 0.3) is 5.91 Å². The minimum Gasteiger partial charge on any atom is -0.395 e. The average molecular weight is 275 g/mol. The molecule has 0 aliphatic carbocycles. The third kappa shape index (κ3) is 4.69. The minimum absolute atomic E-state index is 0.0278. The summed E-state index contributed by atoms with van der Waals surface area (Å²) in [5, 5.41) is 8.70. The van der Waals surface area contributed by atoms with Gasteiger partial charge in [0, 0.05) is 38.2 Å². The van der Waals surface area contributed by atoms with Crippen LogP contribution in [0.15, 0.2) is 18.2 Å². The van der Waals surface area contributed by atoms with Gasteiger partial charge in [0.2, 0.25) is 0 Å². The first-order valence-corrected chi connectivity index (χ1v) is 6.55. The number of hydrogen-bond donors (Lipinski definition) is 1. The van der Waals surface area contributed by atoms with E-state index in [-0.39, 0.29) is 12.5 Å². The van der Waals surface area contributed by atoms with E-state index in [0.717, 1.165) is 11.1 Å². The summed E-state index contributed by atoms with van der Waals surface area (Å²) in [6.45, 7) is 3.07. The molecule has 1 aromatic rings. The number of ether oxygens (including phenoxy) is 1. The second-order valence-electron chi connectivity index (χ2n) is 4.52. The Labute approximate surface area is 120 Å². The highest BCUT2D eigenvalue weighted by molar-refractivity contribution is 5.94. The Morgan fingerprint density at radius 2 is 2.20 bits per heavy atom. The fourth-order valence-corrected chi connectivity index (χ4v) is 1.70. The van der Waals surface area contributed by atoms with Crippen molar-refractivity contribution < 1.29 is 14.6 Å². The third-order valence-electron chi connectivity index (χ3n) is 2.91. The first-order valence-electron chi connectivity index (χ1n) is 6.55. The molecule has 108 valence electrons. The minimum atomic E-state index is -0.0278. The lowest BCUT2D eigenvalue weighted by Crippen LogP contribution is -2.29. The maximum Gasteiger partial charge on any atom is 0.253 e. The summed E-state index contributed by atoms with van der Waals surface area (Å²) in [5.74, 6) is 5.84. The van der Waals surface area contributed by atoms with Gasteiger partial charge in [-0.15, -0.1) is 0 Å². The number of aryl methyl sites for hydroxylation is 1. The Balaban J connectivity index is 2.81. The maximum absolute atomic E-state index is 12.2. The first kappa shape index (κ1) is 16.2. The van der Waals surface area contributed by atoms with E-state index in [4.69, 9.17) is 9.84 Å². The summed E-state index contributed by atoms with van der Waals surface area (Å²) < 4.78 is 4.96. The van der Waals surface area contributed by atoms with Gasteiger partial charge in [-0.1, -0.05) is 11.8 Å². The zero-order valence-electron chi connectivity index (χ0n) is 12.3. The molecule has 0 spiro atoms. The zero-order valence-corrected chi connectivity index (χ0v) is 12.3. The van der Waals surface area contributed by atoms with E-state index in [1.807, 2.05) is 19.1 Å². The smallest absolute Gasteiger partial charge is 0.253 e. The largest absolute Gasteiger partial charge is 0.395 e. The normalized spacial score (nSPS) is 9.80. The van der Waals surface area contributed by atoms with E-state index in [1.165, 1.54) is 0 Å². The molecule has 4 heteroatoms. The van der Waals surface area contributed by atoms with Crippen molar-refractivity contribution in [3.63, 3.8) is 0 Å². The molecule has 1 amide bonds. The monoisotopic (exact) mass is 275 g/mol. The highest BCUT2D eigenvalue weighted by Gasteiger charge is 2.12. The Kier molecular flexibility index (Phi) is 6.78. The lowest BCUT2D eigenvalue weighted by Gasteiger charge is -2.17. The van der Waals surface area contributed by atoms with Crippen LogP contribution in [0.4, 0.5) is 0 Å². The van der Waals surface area contributed by atoms with Gasteiger partial charge in [-0.25, -0.2) is 0 Å². The fraction of sp³-hybridized carbons (Fsp3) is 0.438. The number of carbonyl (C=O) groups is 1. The van der Waals surface area contributed by atoms with E-state index in [2.05, 4.69) is 11.8 Å². The van der Waals surface area contributed by atoms with Crippen LogP contribution in [0.1, 0.15) is 27.9 Å². The molecule has 0 aliphatic heterocycles. The van der Waals surface area contributed by atoms with Crippen LogP contribution in [0.3, 0.4) is 0 Å². The Morgan fingerprint density at radius 1 is 1.45 bits per heavy atom. The molecule has 0 atom stereocenters. The summed E-state index contributed by atoms with van der Waals surface area (Å²) in [4.78, 5) is 13.8. The van der Waals surface area contributed by atoms with Crippen LogP contribution in [0.25, 0.3) is 0 Å². The molecule has 0 saturated carbocycles. The zero-order chi connectivity index (χ0) is 15.0. The van der Waals surface area contributed by atoms with E-state index in [1.54, 1.807) is 25.1 Å². The molecule has 0 unspecified atom stereocenters. The Bertz CT molecular complexity index is 514. The topological polar surface area (TPSA) is 49.8 Å². The number of nitrogens with zero attached hydrogens (tertiary/aromatic N) is 1. The van der Waals surface area contributed by atoms with Crippen LogP contribution in [0.5, 0.6) is 0 Å². The van der Waals surface area contributed by atoms with Gasteiger partial charge in [0.15, 0.2) is 0 Å². The summed E-state index contributed by atoms with van der Waals surface area (Å²) >= 11 is 0. The van der Waals surface area contributed by atoms with Crippen molar-refractivity contribution >= 4 is 5.91 Å². The van der Waals surface area contributed by atoms with Gasteiger partial charge in [-0.3, -0.25) is 4.79 Å². The van der Waals surface area contributed by atoms with Crippen molar-refractivity contribution in [2.24, 2.45) is 0 Å². The summed E-state index contributed by atoms with van der Waals surface area (Å²) in [6.07, 6.45) is 0.458. The molecule has 4 nitrogen and oxygen atoms in total. The molecule has 0 aliphatic rings.